The SMILES string of the molecule is CCCCCCCNCC(C1CC1)C1CC1. The summed E-state index contributed by atoms with van der Waals surface area (Å²) in [6.45, 7) is 4.87. The molecule has 1 N–H and O–H groups in total. The van der Waals surface area contributed by atoms with E-state index in [1.165, 1.54) is 70.9 Å². The predicted molar refractivity (Wildman–Crippen MR) is 70.6 cm³/mol. The summed E-state index contributed by atoms with van der Waals surface area (Å²) in [6, 6.07) is 0. The molecule has 0 heterocycles. The van der Waals surface area contributed by atoms with Crippen molar-refractivity contribution >= 4 is 0 Å². The topological polar surface area (TPSA) is 12.0 Å². The minimum atomic E-state index is 1.05. The highest BCUT2D eigenvalue weighted by molar-refractivity contribution is 4.92. The van der Waals surface area contributed by atoms with Crippen LogP contribution in [0.5, 0.6) is 0 Å². The molecule has 0 aromatic rings. The summed E-state index contributed by atoms with van der Waals surface area (Å²) in [5.74, 6) is 3.27. The van der Waals surface area contributed by atoms with Crippen LogP contribution in [0.1, 0.15) is 64.7 Å². The maximum Gasteiger partial charge on any atom is -0.00152 e. The standard InChI is InChI=1S/C15H29N/c1-2-3-4-5-6-11-16-12-15(13-7-8-13)14-9-10-14/h13-16H,2-12H2,1H3. The largest absolute Gasteiger partial charge is 0.316 e. The van der Waals surface area contributed by atoms with Crippen LogP contribution in [-0.2, 0) is 0 Å². The Morgan fingerprint density at radius 1 is 0.938 bits per heavy atom. The summed E-state index contributed by atoms with van der Waals surface area (Å²) in [7, 11) is 0. The second kappa shape index (κ2) is 6.64. The van der Waals surface area contributed by atoms with E-state index in [-0.39, 0.29) is 0 Å². The summed E-state index contributed by atoms with van der Waals surface area (Å²) < 4.78 is 0. The Kier molecular flexibility index (Phi) is 5.15. The molecule has 1 nitrogen and oxygen atoms in total. The van der Waals surface area contributed by atoms with Crippen LogP contribution < -0.4 is 5.32 Å². The fourth-order valence-electron chi connectivity index (χ4n) is 2.89. The third-order valence-corrected chi connectivity index (χ3v) is 4.29. The molecular weight excluding hydrogens is 194 g/mol. The fourth-order valence-corrected chi connectivity index (χ4v) is 2.89. The summed E-state index contributed by atoms with van der Waals surface area (Å²) >= 11 is 0. The van der Waals surface area contributed by atoms with E-state index in [2.05, 4.69) is 12.2 Å². The highest BCUT2D eigenvalue weighted by Gasteiger charge is 2.40. The Morgan fingerprint density at radius 3 is 2.12 bits per heavy atom. The molecule has 0 radical (unpaired) electrons. The summed E-state index contributed by atoms with van der Waals surface area (Å²) in [5, 5.41) is 3.71. The van der Waals surface area contributed by atoms with Gasteiger partial charge >= 0.3 is 0 Å². The third kappa shape index (κ3) is 4.45. The summed E-state index contributed by atoms with van der Waals surface area (Å²) in [6.07, 6.45) is 13.1. The van der Waals surface area contributed by atoms with Crippen molar-refractivity contribution in [3.63, 3.8) is 0 Å². The number of nitrogens with one attached hydrogen (secondary N) is 1. The first kappa shape index (κ1) is 12.4. The second-order valence-corrected chi connectivity index (χ2v) is 5.96. The molecule has 2 fully saturated rings. The van der Waals surface area contributed by atoms with Crippen LogP contribution in [0.3, 0.4) is 0 Å². The van der Waals surface area contributed by atoms with Crippen molar-refractivity contribution in [3.8, 4) is 0 Å². The highest BCUT2D eigenvalue weighted by atomic mass is 14.9. The smallest absolute Gasteiger partial charge is 0.00152 e. The van der Waals surface area contributed by atoms with E-state index in [0.29, 0.717) is 0 Å². The lowest BCUT2D eigenvalue weighted by Crippen LogP contribution is -2.26. The van der Waals surface area contributed by atoms with Crippen molar-refractivity contribution in [3.05, 3.63) is 0 Å². The first-order valence-electron chi connectivity index (χ1n) is 7.62. The first-order chi connectivity index (χ1) is 7.92. The maximum absolute atomic E-state index is 3.71. The third-order valence-electron chi connectivity index (χ3n) is 4.29. The Balaban J connectivity index is 1.44. The molecule has 0 bridgehead atoms. The van der Waals surface area contributed by atoms with Crippen LogP contribution in [0.25, 0.3) is 0 Å². The Hall–Kier alpha value is -0.0400. The molecule has 0 aliphatic heterocycles. The van der Waals surface area contributed by atoms with Gasteiger partial charge in [-0.1, -0.05) is 32.6 Å². The fraction of sp³-hybridized carbons (Fsp3) is 1.00. The van der Waals surface area contributed by atoms with E-state index in [4.69, 9.17) is 0 Å². The second-order valence-electron chi connectivity index (χ2n) is 5.96. The minimum Gasteiger partial charge on any atom is -0.316 e. The van der Waals surface area contributed by atoms with Crippen molar-refractivity contribution in [2.45, 2.75) is 64.7 Å². The van der Waals surface area contributed by atoms with Gasteiger partial charge in [0.1, 0.15) is 0 Å². The lowest BCUT2D eigenvalue weighted by atomic mass is 9.98. The molecule has 0 unspecified atom stereocenters. The molecule has 2 saturated carbocycles. The number of hydrogen-bond acceptors (Lipinski definition) is 1. The van der Waals surface area contributed by atoms with Gasteiger partial charge in [-0.05, 0) is 62.9 Å². The molecule has 0 spiro atoms. The van der Waals surface area contributed by atoms with E-state index >= 15 is 0 Å². The molecule has 16 heavy (non-hydrogen) atoms. The Bertz CT molecular complexity index is 170. The first-order valence-corrected chi connectivity index (χ1v) is 7.62. The molecule has 0 aromatic heterocycles. The molecule has 1 heteroatoms. The van der Waals surface area contributed by atoms with E-state index in [9.17, 15) is 0 Å². The average Bonchev–Trinajstić information content (AvgIpc) is 3.16. The molecule has 0 amide bonds. The van der Waals surface area contributed by atoms with Crippen molar-refractivity contribution in [1.82, 2.24) is 5.32 Å². The quantitative estimate of drug-likeness (QED) is 0.552. The Labute approximate surface area is 101 Å². The van der Waals surface area contributed by atoms with Gasteiger partial charge in [0, 0.05) is 0 Å². The molecule has 2 aliphatic carbocycles. The van der Waals surface area contributed by atoms with Crippen molar-refractivity contribution in [2.24, 2.45) is 17.8 Å². The number of unbranched alkanes of at least 4 members (excludes halogenated alkanes) is 4. The predicted octanol–water partition coefficient (Wildman–Crippen LogP) is 3.98. The lowest BCUT2D eigenvalue weighted by molar-refractivity contribution is 0.377. The molecule has 0 atom stereocenters. The zero-order chi connectivity index (χ0) is 11.2. The molecule has 2 rings (SSSR count). The van der Waals surface area contributed by atoms with Crippen molar-refractivity contribution in [2.75, 3.05) is 13.1 Å². The van der Waals surface area contributed by atoms with E-state index in [1.54, 1.807) is 0 Å². The lowest BCUT2D eigenvalue weighted by Gasteiger charge is -2.16. The normalized spacial score (nSPS) is 20.6. The van der Waals surface area contributed by atoms with Crippen molar-refractivity contribution < 1.29 is 0 Å². The molecule has 2 aliphatic rings. The number of hydrogen-bond donors (Lipinski definition) is 1. The monoisotopic (exact) mass is 223 g/mol. The van der Waals surface area contributed by atoms with Gasteiger partial charge in [-0.2, -0.15) is 0 Å². The van der Waals surface area contributed by atoms with Gasteiger partial charge in [-0.15, -0.1) is 0 Å². The van der Waals surface area contributed by atoms with Crippen LogP contribution in [-0.4, -0.2) is 13.1 Å². The zero-order valence-corrected chi connectivity index (χ0v) is 11.0. The molecular formula is C15H29N. The van der Waals surface area contributed by atoms with Crippen LogP contribution in [0.4, 0.5) is 0 Å². The van der Waals surface area contributed by atoms with Crippen LogP contribution in [0.2, 0.25) is 0 Å². The van der Waals surface area contributed by atoms with Gasteiger partial charge in [0.25, 0.3) is 0 Å². The molecule has 0 saturated heterocycles. The molecule has 0 aromatic carbocycles. The van der Waals surface area contributed by atoms with Crippen LogP contribution >= 0.6 is 0 Å². The zero-order valence-electron chi connectivity index (χ0n) is 11.0. The van der Waals surface area contributed by atoms with E-state index < -0.39 is 0 Å². The van der Waals surface area contributed by atoms with Gasteiger partial charge in [0.15, 0.2) is 0 Å². The van der Waals surface area contributed by atoms with Gasteiger partial charge in [0.2, 0.25) is 0 Å². The van der Waals surface area contributed by atoms with Gasteiger partial charge in [-0.3, -0.25) is 0 Å². The van der Waals surface area contributed by atoms with Gasteiger partial charge < -0.3 is 5.32 Å². The summed E-state index contributed by atoms with van der Waals surface area (Å²) in [4.78, 5) is 0. The minimum absolute atomic E-state index is 1.05. The highest BCUT2D eigenvalue weighted by Crippen LogP contribution is 2.48. The average molecular weight is 223 g/mol. The number of rotatable bonds is 10. The van der Waals surface area contributed by atoms with E-state index in [1.807, 2.05) is 0 Å². The van der Waals surface area contributed by atoms with Crippen LogP contribution in [0, 0.1) is 17.8 Å². The molecule has 94 valence electrons. The van der Waals surface area contributed by atoms with Crippen molar-refractivity contribution in [1.29, 1.82) is 0 Å². The Morgan fingerprint density at radius 2 is 1.56 bits per heavy atom. The summed E-state index contributed by atoms with van der Waals surface area (Å²) in [5.41, 5.74) is 0. The van der Waals surface area contributed by atoms with E-state index in [0.717, 1.165) is 17.8 Å². The van der Waals surface area contributed by atoms with Gasteiger partial charge in [0.05, 0.1) is 0 Å². The van der Waals surface area contributed by atoms with Crippen LogP contribution in [0.15, 0.2) is 0 Å². The maximum atomic E-state index is 3.71. The van der Waals surface area contributed by atoms with Gasteiger partial charge in [-0.25, -0.2) is 0 Å².